The quantitative estimate of drug-likeness (QED) is 0.753. The van der Waals surface area contributed by atoms with E-state index < -0.39 is 0 Å². The molecule has 0 fully saturated rings. The highest BCUT2D eigenvalue weighted by molar-refractivity contribution is 5.55. The maximum absolute atomic E-state index is 5.83. The number of anilines is 1. The highest BCUT2D eigenvalue weighted by atomic mass is 16.5. The van der Waals surface area contributed by atoms with E-state index in [9.17, 15) is 0 Å². The minimum atomic E-state index is 0.626. The second-order valence-corrected chi connectivity index (χ2v) is 4.87. The van der Waals surface area contributed by atoms with Crippen LogP contribution in [-0.2, 0) is 6.54 Å². The SMILES string of the molecule is Cc1ccc2c(c1)CN(c1ccccc1C)CO2. The number of benzene rings is 2. The van der Waals surface area contributed by atoms with Crippen molar-refractivity contribution in [2.75, 3.05) is 11.6 Å². The van der Waals surface area contributed by atoms with E-state index in [1.165, 1.54) is 22.4 Å². The molecule has 1 aliphatic rings. The van der Waals surface area contributed by atoms with Gasteiger partial charge in [0.2, 0.25) is 0 Å². The molecule has 18 heavy (non-hydrogen) atoms. The van der Waals surface area contributed by atoms with Gasteiger partial charge in [0.25, 0.3) is 0 Å². The lowest BCUT2D eigenvalue weighted by atomic mass is 10.1. The zero-order chi connectivity index (χ0) is 12.5. The summed E-state index contributed by atoms with van der Waals surface area (Å²) in [7, 11) is 0. The van der Waals surface area contributed by atoms with Crippen molar-refractivity contribution in [1.82, 2.24) is 0 Å². The number of para-hydroxylation sites is 1. The van der Waals surface area contributed by atoms with Gasteiger partial charge in [-0.1, -0.05) is 35.9 Å². The van der Waals surface area contributed by atoms with Gasteiger partial charge in [-0.05, 0) is 31.5 Å². The summed E-state index contributed by atoms with van der Waals surface area (Å²) < 4.78 is 5.83. The number of rotatable bonds is 1. The predicted octanol–water partition coefficient (Wildman–Crippen LogP) is 3.66. The van der Waals surface area contributed by atoms with Gasteiger partial charge in [-0.2, -0.15) is 0 Å². The van der Waals surface area contributed by atoms with Gasteiger partial charge in [0.15, 0.2) is 6.73 Å². The minimum Gasteiger partial charge on any atom is -0.473 e. The smallest absolute Gasteiger partial charge is 0.161 e. The van der Waals surface area contributed by atoms with Crippen LogP contribution in [0.25, 0.3) is 0 Å². The largest absolute Gasteiger partial charge is 0.473 e. The minimum absolute atomic E-state index is 0.626. The molecule has 0 amide bonds. The molecule has 0 atom stereocenters. The molecule has 0 aliphatic carbocycles. The molecule has 0 bridgehead atoms. The van der Waals surface area contributed by atoms with Crippen molar-refractivity contribution in [2.45, 2.75) is 20.4 Å². The number of ether oxygens (including phenoxy) is 1. The number of fused-ring (bicyclic) bond motifs is 1. The van der Waals surface area contributed by atoms with Gasteiger partial charge < -0.3 is 9.64 Å². The van der Waals surface area contributed by atoms with Gasteiger partial charge in [0, 0.05) is 17.8 Å². The molecule has 2 heteroatoms. The molecular weight excluding hydrogens is 222 g/mol. The monoisotopic (exact) mass is 239 g/mol. The summed E-state index contributed by atoms with van der Waals surface area (Å²) in [6.45, 7) is 5.80. The fraction of sp³-hybridized carbons (Fsp3) is 0.250. The Hall–Kier alpha value is -1.96. The summed E-state index contributed by atoms with van der Waals surface area (Å²) >= 11 is 0. The molecule has 0 N–H and O–H groups in total. The highest BCUT2D eigenvalue weighted by Crippen LogP contribution is 2.30. The summed E-state index contributed by atoms with van der Waals surface area (Å²) in [5.74, 6) is 1.02. The normalized spacial score (nSPS) is 14.0. The van der Waals surface area contributed by atoms with Crippen molar-refractivity contribution in [3.63, 3.8) is 0 Å². The highest BCUT2D eigenvalue weighted by Gasteiger charge is 2.18. The summed E-state index contributed by atoms with van der Waals surface area (Å²) in [6, 6.07) is 14.8. The molecule has 92 valence electrons. The van der Waals surface area contributed by atoms with E-state index in [0.29, 0.717) is 6.73 Å². The van der Waals surface area contributed by atoms with Crippen LogP contribution in [0.15, 0.2) is 42.5 Å². The maximum Gasteiger partial charge on any atom is 0.161 e. The number of nitrogens with zero attached hydrogens (tertiary/aromatic N) is 1. The molecule has 0 saturated heterocycles. The Morgan fingerprint density at radius 1 is 1.06 bits per heavy atom. The zero-order valence-corrected chi connectivity index (χ0v) is 10.8. The Morgan fingerprint density at radius 2 is 1.89 bits per heavy atom. The van der Waals surface area contributed by atoms with Crippen molar-refractivity contribution in [2.24, 2.45) is 0 Å². The molecule has 2 nitrogen and oxygen atoms in total. The Balaban J connectivity index is 1.93. The van der Waals surface area contributed by atoms with E-state index in [1.54, 1.807) is 0 Å². The Morgan fingerprint density at radius 3 is 2.72 bits per heavy atom. The third-order valence-corrected chi connectivity index (χ3v) is 3.41. The second-order valence-electron chi connectivity index (χ2n) is 4.87. The van der Waals surface area contributed by atoms with Gasteiger partial charge in [0.05, 0.1) is 0 Å². The summed E-state index contributed by atoms with van der Waals surface area (Å²) in [4.78, 5) is 2.27. The van der Waals surface area contributed by atoms with Gasteiger partial charge in [-0.15, -0.1) is 0 Å². The van der Waals surface area contributed by atoms with Crippen LogP contribution in [-0.4, -0.2) is 6.73 Å². The number of hydrogen-bond acceptors (Lipinski definition) is 2. The van der Waals surface area contributed by atoms with E-state index >= 15 is 0 Å². The predicted molar refractivity (Wildman–Crippen MR) is 74.0 cm³/mol. The van der Waals surface area contributed by atoms with Crippen LogP contribution < -0.4 is 9.64 Å². The maximum atomic E-state index is 5.83. The van der Waals surface area contributed by atoms with Crippen LogP contribution in [0.1, 0.15) is 16.7 Å². The summed E-state index contributed by atoms with van der Waals surface area (Å²) in [5.41, 5.74) is 5.09. The molecule has 0 unspecified atom stereocenters. The lowest BCUT2D eigenvalue weighted by molar-refractivity contribution is 0.289. The molecular formula is C16H17NO. The summed E-state index contributed by atoms with van der Waals surface area (Å²) in [6.07, 6.45) is 0. The van der Waals surface area contributed by atoms with Crippen LogP contribution >= 0.6 is 0 Å². The molecule has 0 saturated carbocycles. The molecule has 0 radical (unpaired) electrons. The van der Waals surface area contributed by atoms with Crippen LogP contribution in [0.2, 0.25) is 0 Å². The first-order chi connectivity index (χ1) is 8.74. The first-order valence-corrected chi connectivity index (χ1v) is 6.27. The second kappa shape index (κ2) is 4.37. The molecule has 2 aromatic rings. The fourth-order valence-corrected chi connectivity index (χ4v) is 2.44. The lowest BCUT2D eigenvalue weighted by Crippen LogP contribution is -2.32. The van der Waals surface area contributed by atoms with Gasteiger partial charge in [-0.25, -0.2) is 0 Å². The standard InChI is InChI=1S/C16H17NO/c1-12-7-8-16-14(9-12)10-17(11-18-16)15-6-4-3-5-13(15)2/h3-9H,10-11H2,1-2H3. The van der Waals surface area contributed by atoms with Crippen molar-refractivity contribution >= 4 is 5.69 Å². The number of aryl methyl sites for hydroxylation is 2. The molecule has 3 rings (SSSR count). The van der Waals surface area contributed by atoms with Crippen LogP contribution in [0.5, 0.6) is 5.75 Å². The van der Waals surface area contributed by atoms with E-state index in [4.69, 9.17) is 4.74 Å². The molecule has 2 aromatic carbocycles. The lowest BCUT2D eigenvalue weighted by Gasteiger charge is -2.32. The zero-order valence-electron chi connectivity index (χ0n) is 10.8. The first-order valence-electron chi connectivity index (χ1n) is 6.27. The van der Waals surface area contributed by atoms with E-state index in [1.807, 2.05) is 0 Å². The van der Waals surface area contributed by atoms with Crippen molar-refractivity contribution in [3.05, 3.63) is 59.2 Å². The van der Waals surface area contributed by atoms with Crippen LogP contribution in [0, 0.1) is 13.8 Å². The van der Waals surface area contributed by atoms with Crippen molar-refractivity contribution in [1.29, 1.82) is 0 Å². The Bertz CT molecular complexity index is 577. The van der Waals surface area contributed by atoms with Crippen molar-refractivity contribution < 1.29 is 4.74 Å². The van der Waals surface area contributed by atoms with Gasteiger partial charge in [-0.3, -0.25) is 0 Å². The topological polar surface area (TPSA) is 12.5 Å². The van der Waals surface area contributed by atoms with E-state index in [-0.39, 0.29) is 0 Å². The summed E-state index contributed by atoms with van der Waals surface area (Å²) in [5, 5.41) is 0. The first kappa shape index (κ1) is 11.1. The average Bonchev–Trinajstić information content (AvgIpc) is 2.38. The van der Waals surface area contributed by atoms with Gasteiger partial charge in [0.1, 0.15) is 5.75 Å². The Labute approximate surface area is 108 Å². The third kappa shape index (κ3) is 1.94. The number of hydrogen-bond donors (Lipinski definition) is 0. The van der Waals surface area contributed by atoms with Crippen molar-refractivity contribution in [3.8, 4) is 5.75 Å². The van der Waals surface area contributed by atoms with E-state index in [0.717, 1.165) is 12.3 Å². The van der Waals surface area contributed by atoms with Crippen LogP contribution in [0.3, 0.4) is 0 Å². The third-order valence-electron chi connectivity index (χ3n) is 3.41. The van der Waals surface area contributed by atoms with Gasteiger partial charge >= 0.3 is 0 Å². The Kier molecular flexibility index (Phi) is 2.71. The molecule has 0 spiro atoms. The van der Waals surface area contributed by atoms with Crippen LogP contribution in [0.4, 0.5) is 5.69 Å². The molecule has 1 heterocycles. The molecule has 0 aromatic heterocycles. The molecule has 1 aliphatic heterocycles. The fourth-order valence-electron chi connectivity index (χ4n) is 2.44. The average molecular weight is 239 g/mol. The van der Waals surface area contributed by atoms with E-state index in [2.05, 4.69) is 61.2 Å².